The Bertz CT molecular complexity index is 919. The highest BCUT2D eigenvalue weighted by Gasteiger charge is 2.31. The lowest BCUT2D eigenvalue weighted by atomic mass is 10.2. The van der Waals surface area contributed by atoms with Crippen LogP contribution in [0, 0.1) is 0 Å². The number of likely N-dealkylation sites (N-methyl/N-ethyl adjacent to an activating group) is 1. The molecule has 0 aliphatic carbocycles. The van der Waals surface area contributed by atoms with Crippen molar-refractivity contribution >= 4 is 48.4 Å². The number of thiol groups is 1. The Balaban J connectivity index is 5.81. The second kappa shape index (κ2) is 17.2. The highest BCUT2D eigenvalue weighted by molar-refractivity contribution is 7.83. The summed E-state index contributed by atoms with van der Waals surface area (Å²) in [7, 11) is 2.61. The number of methoxy groups -OCH3 is 1. The molecule has 0 aromatic rings. The largest absolute Gasteiger partial charge is 0.467 e. The molecule has 0 fully saturated rings. The number of carbonyl (C=O) groups is 6. The van der Waals surface area contributed by atoms with Crippen LogP contribution in [0.3, 0.4) is 0 Å². The normalized spacial score (nSPS) is 13.6. The van der Waals surface area contributed by atoms with Crippen molar-refractivity contribution in [2.45, 2.75) is 78.2 Å². The third kappa shape index (κ3) is 14.3. The van der Waals surface area contributed by atoms with Gasteiger partial charge in [0.1, 0.15) is 36.7 Å². The van der Waals surface area contributed by atoms with Crippen LogP contribution in [-0.2, 0) is 42.9 Å². The first-order valence-corrected chi connectivity index (χ1v) is 12.6. The smallest absolute Gasteiger partial charge is 0.409 e. The summed E-state index contributed by atoms with van der Waals surface area (Å²) in [6, 6.07) is -2.86. The number of rotatable bonds is 14. The number of esters is 3. The van der Waals surface area contributed by atoms with E-state index in [4.69, 9.17) is 14.2 Å². The minimum absolute atomic E-state index is 0.0436. The van der Waals surface area contributed by atoms with Gasteiger partial charge in [-0.15, -0.1) is 12.6 Å². The van der Waals surface area contributed by atoms with E-state index in [9.17, 15) is 28.8 Å². The number of hydrogen-bond acceptors (Lipinski definition) is 12. The number of alkyl carbamates (subject to hydrolysis) is 1. The van der Waals surface area contributed by atoms with Crippen LogP contribution in [0.2, 0.25) is 0 Å². The Labute approximate surface area is 233 Å². The van der Waals surface area contributed by atoms with Gasteiger partial charge < -0.3 is 39.8 Å². The van der Waals surface area contributed by atoms with Crippen molar-refractivity contribution in [1.82, 2.24) is 20.9 Å². The van der Waals surface area contributed by atoms with E-state index >= 15 is 0 Å². The fourth-order valence-corrected chi connectivity index (χ4v) is 3.26. The van der Waals surface area contributed by atoms with Crippen LogP contribution in [0.5, 0.6) is 0 Å². The second-order valence-corrected chi connectivity index (χ2v) is 9.55. The van der Waals surface area contributed by atoms with E-state index in [1.54, 1.807) is 20.8 Å². The highest BCUT2D eigenvalue weighted by atomic mass is 32.1. The molecule has 3 atom stereocenters. The summed E-state index contributed by atoms with van der Waals surface area (Å²) in [5.74, 6) is -4.06. The van der Waals surface area contributed by atoms with Crippen LogP contribution >= 0.6 is 12.6 Å². The molecule has 0 aromatic heterocycles. The summed E-state index contributed by atoms with van der Waals surface area (Å²) in [5, 5.41) is 8.61. The zero-order valence-electron chi connectivity index (χ0n) is 23.6. The van der Waals surface area contributed by atoms with E-state index in [-0.39, 0.29) is 5.70 Å². The third-order valence-electron chi connectivity index (χ3n) is 4.78. The van der Waals surface area contributed by atoms with Gasteiger partial charge in [-0.1, -0.05) is 13.3 Å². The SMILES string of the molecule is CCCC(NC(=O)OC(C)(C)C)N(C)/C(=C\S)C(=O)N[C@@H](COC(C)=O)C(=O)N[C@@H](COC(C)=O)C(=O)OC. The van der Waals surface area contributed by atoms with Crippen molar-refractivity contribution in [2.24, 2.45) is 0 Å². The van der Waals surface area contributed by atoms with Gasteiger partial charge in [0, 0.05) is 20.9 Å². The number of amides is 3. The van der Waals surface area contributed by atoms with Crippen LogP contribution in [0.1, 0.15) is 54.4 Å². The predicted octanol–water partition coefficient (Wildman–Crippen LogP) is 0.609. The van der Waals surface area contributed by atoms with Crippen molar-refractivity contribution in [1.29, 1.82) is 0 Å². The summed E-state index contributed by atoms with van der Waals surface area (Å²) in [4.78, 5) is 74.6. The van der Waals surface area contributed by atoms with Crippen LogP contribution in [0.4, 0.5) is 4.79 Å². The first kappa shape index (κ1) is 35.5. The van der Waals surface area contributed by atoms with E-state index in [0.29, 0.717) is 12.8 Å². The summed E-state index contributed by atoms with van der Waals surface area (Å²) < 4.78 is 19.6. The van der Waals surface area contributed by atoms with E-state index in [0.717, 1.165) is 21.0 Å². The number of nitrogens with one attached hydrogen (secondary N) is 3. The van der Waals surface area contributed by atoms with Crippen molar-refractivity contribution < 1.29 is 47.7 Å². The molecule has 0 heterocycles. The lowest BCUT2D eigenvalue weighted by Crippen LogP contribution is -2.56. The molecule has 14 nitrogen and oxygen atoms in total. The first-order valence-electron chi connectivity index (χ1n) is 12.1. The van der Waals surface area contributed by atoms with Gasteiger partial charge in [-0.05, 0) is 32.6 Å². The maximum Gasteiger partial charge on any atom is 0.409 e. The molecule has 0 rings (SSSR count). The Morgan fingerprint density at radius 3 is 1.90 bits per heavy atom. The minimum atomic E-state index is -1.47. The van der Waals surface area contributed by atoms with E-state index < -0.39 is 72.9 Å². The molecule has 0 saturated heterocycles. The van der Waals surface area contributed by atoms with Crippen molar-refractivity contribution in [3.05, 3.63) is 11.1 Å². The molecule has 0 bridgehead atoms. The maximum atomic E-state index is 13.2. The minimum Gasteiger partial charge on any atom is -0.467 e. The van der Waals surface area contributed by atoms with E-state index in [2.05, 4.69) is 33.3 Å². The molecule has 1 unspecified atom stereocenters. The van der Waals surface area contributed by atoms with Crippen molar-refractivity contribution in [3.63, 3.8) is 0 Å². The Morgan fingerprint density at radius 2 is 1.46 bits per heavy atom. The average Bonchev–Trinajstić information content (AvgIpc) is 2.82. The van der Waals surface area contributed by atoms with Crippen LogP contribution < -0.4 is 16.0 Å². The lowest BCUT2D eigenvalue weighted by Gasteiger charge is -2.33. The molecule has 0 spiro atoms. The number of hydrogen-bond donors (Lipinski definition) is 4. The zero-order valence-corrected chi connectivity index (χ0v) is 24.5. The number of carbonyl (C=O) groups excluding carboxylic acids is 6. The van der Waals surface area contributed by atoms with Crippen LogP contribution in [0.25, 0.3) is 0 Å². The van der Waals surface area contributed by atoms with Gasteiger partial charge in [-0.3, -0.25) is 19.2 Å². The van der Waals surface area contributed by atoms with Gasteiger partial charge >= 0.3 is 24.0 Å². The van der Waals surface area contributed by atoms with Gasteiger partial charge in [-0.2, -0.15) is 0 Å². The van der Waals surface area contributed by atoms with Crippen molar-refractivity contribution in [2.75, 3.05) is 27.4 Å². The molecule has 15 heteroatoms. The summed E-state index contributed by atoms with van der Waals surface area (Å²) in [6.45, 7) is 8.14. The van der Waals surface area contributed by atoms with E-state index in [1.807, 2.05) is 6.92 Å². The third-order valence-corrected chi connectivity index (χ3v) is 5.02. The first-order chi connectivity index (χ1) is 18.1. The Morgan fingerprint density at radius 1 is 0.923 bits per heavy atom. The number of ether oxygens (including phenoxy) is 4. The second-order valence-electron chi connectivity index (χ2n) is 9.29. The molecule has 0 saturated carbocycles. The fourth-order valence-electron chi connectivity index (χ4n) is 2.96. The molecule has 0 aromatic carbocycles. The maximum absolute atomic E-state index is 13.2. The zero-order chi connectivity index (χ0) is 30.3. The summed E-state index contributed by atoms with van der Waals surface area (Å²) >= 11 is 4.11. The Hall–Kier alpha value is -3.49. The lowest BCUT2D eigenvalue weighted by molar-refractivity contribution is -0.152. The van der Waals surface area contributed by atoms with Gasteiger partial charge in [0.25, 0.3) is 5.91 Å². The molecule has 39 heavy (non-hydrogen) atoms. The fraction of sp³-hybridized carbons (Fsp3) is 0.667. The molecule has 222 valence electrons. The number of nitrogens with zero attached hydrogens (tertiary/aromatic N) is 1. The molecule has 0 aliphatic heterocycles. The monoisotopic (exact) mass is 576 g/mol. The van der Waals surface area contributed by atoms with Crippen LogP contribution in [-0.4, -0.2) is 91.9 Å². The van der Waals surface area contributed by atoms with Gasteiger partial charge in [0.2, 0.25) is 5.91 Å². The standard InChI is InChI=1S/C24H40N4O10S/c1-9-10-19(27-23(34)38-24(4,5)6)28(7)18(13-39)21(32)25-16(11-36-14(2)29)20(31)26-17(22(33)35-8)12-37-15(3)30/h13,16-17,19,39H,9-12H2,1-8H3,(H,25,32)(H,26,31)(H,27,34)/b18-13-/t16-,17-,19?/m0/s1. The Kier molecular flexibility index (Phi) is 15.6. The quantitative estimate of drug-likeness (QED) is 0.0748. The van der Waals surface area contributed by atoms with Gasteiger partial charge in [0.15, 0.2) is 6.04 Å². The van der Waals surface area contributed by atoms with Crippen molar-refractivity contribution in [3.8, 4) is 0 Å². The molecular formula is C24H40N4O10S. The average molecular weight is 577 g/mol. The molecule has 3 amide bonds. The van der Waals surface area contributed by atoms with Crippen LogP contribution in [0.15, 0.2) is 11.1 Å². The van der Waals surface area contributed by atoms with Gasteiger partial charge in [-0.25, -0.2) is 9.59 Å². The highest BCUT2D eigenvalue weighted by Crippen LogP contribution is 2.14. The topological polar surface area (TPSA) is 179 Å². The summed E-state index contributed by atoms with van der Waals surface area (Å²) in [6.07, 6.45) is -0.300. The predicted molar refractivity (Wildman–Crippen MR) is 142 cm³/mol. The van der Waals surface area contributed by atoms with Gasteiger partial charge in [0.05, 0.1) is 7.11 Å². The molecule has 3 N–H and O–H groups in total. The van der Waals surface area contributed by atoms with E-state index in [1.165, 1.54) is 17.4 Å². The summed E-state index contributed by atoms with van der Waals surface area (Å²) in [5.41, 5.74) is -0.786. The molecular weight excluding hydrogens is 536 g/mol. The molecule has 0 aliphatic rings. The molecule has 0 radical (unpaired) electrons.